The SMILES string of the molecule is [C-]#[N+]c1ccc2c3c1OC1C(=O)CCC4(O)C(C2)N(C)CC[C@]314. The number of ether oxygens (including phenoxy) is 1. The van der Waals surface area contributed by atoms with Crippen LogP contribution in [0, 0.1) is 6.57 Å². The van der Waals surface area contributed by atoms with Gasteiger partial charge < -0.3 is 14.7 Å². The van der Waals surface area contributed by atoms with E-state index in [1.54, 1.807) is 6.07 Å². The molecule has 3 unspecified atom stereocenters. The van der Waals surface area contributed by atoms with Gasteiger partial charge in [-0.05, 0) is 44.0 Å². The Labute approximate surface area is 134 Å². The van der Waals surface area contributed by atoms with Gasteiger partial charge in [-0.1, -0.05) is 12.1 Å². The van der Waals surface area contributed by atoms with Crippen LogP contribution in [0.25, 0.3) is 4.85 Å². The van der Waals surface area contributed by atoms with Gasteiger partial charge in [-0.2, -0.15) is 0 Å². The summed E-state index contributed by atoms with van der Waals surface area (Å²) >= 11 is 0. The molecule has 118 valence electrons. The summed E-state index contributed by atoms with van der Waals surface area (Å²) in [7, 11) is 2.05. The second-order valence-corrected chi connectivity index (χ2v) is 7.37. The molecule has 1 aromatic rings. The van der Waals surface area contributed by atoms with E-state index in [4.69, 9.17) is 11.3 Å². The highest BCUT2D eigenvalue weighted by Gasteiger charge is 2.72. The molecule has 5 rings (SSSR count). The highest BCUT2D eigenvalue weighted by atomic mass is 16.5. The van der Waals surface area contributed by atoms with E-state index in [1.165, 1.54) is 0 Å². The van der Waals surface area contributed by atoms with Crippen LogP contribution in [-0.4, -0.2) is 47.1 Å². The molecular formula is C18H18N2O3. The van der Waals surface area contributed by atoms with Crippen molar-refractivity contribution in [3.8, 4) is 5.75 Å². The largest absolute Gasteiger partial charge is 0.492 e. The Kier molecular flexibility index (Phi) is 2.32. The highest BCUT2D eigenvalue weighted by Crippen LogP contribution is 2.64. The third kappa shape index (κ3) is 1.27. The summed E-state index contributed by atoms with van der Waals surface area (Å²) in [5.74, 6) is 0.622. The molecular weight excluding hydrogens is 292 g/mol. The van der Waals surface area contributed by atoms with Crippen molar-refractivity contribution in [2.75, 3.05) is 13.6 Å². The molecule has 5 nitrogen and oxygen atoms in total. The van der Waals surface area contributed by atoms with Gasteiger partial charge in [0.1, 0.15) is 5.75 Å². The van der Waals surface area contributed by atoms with Crippen molar-refractivity contribution in [3.63, 3.8) is 0 Å². The van der Waals surface area contributed by atoms with E-state index in [2.05, 4.69) is 16.8 Å². The topological polar surface area (TPSA) is 54.1 Å². The zero-order valence-corrected chi connectivity index (χ0v) is 13.0. The molecule has 4 aliphatic rings. The number of benzene rings is 1. The van der Waals surface area contributed by atoms with Gasteiger partial charge in [0.15, 0.2) is 11.9 Å². The Balaban J connectivity index is 1.88. The summed E-state index contributed by atoms with van der Waals surface area (Å²) in [4.78, 5) is 18.4. The van der Waals surface area contributed by atoms with Crippen LogP contribution in [0.1, 0.15) is 30.4 Å². The van der Waals surface area contributed by atoms with Gasteiger partial charge in [0.2, 0.25) is 5.69 Å². The van der Waals surface area contributed by atoms with Gasteiger partial charge in [-0.25, -0.2) is 4.85 Å². The maximum atomic E-state index is 12.6. The molecule has 4 atom stereocenters. The lowest BCUT2D eigenvalue weighted by Crippen LogP contribution is -2.76. The van der Waals surface area contributed by atoms with E-state index in [1.807, 2.05) is 6.07 Å². The first-order chi connectivity index (χ1) is 11.0. The Morgan fingerprint density at radius 2 is 2.26 bits per heavy atom. The molecule has 1 saturated carbocycles. The minimum atomic E-state index is -0.947. The zero-order valence-electron chi connectivity index (χ0n) is 13.0. The number of Topliss-reactive ketones (excluding diaryl/α,β-unsaturated/α-hetero) is 1. The number of rotatable bonds is 0. The minimum absolute atomic E-state index is 0.00712. The smallest absolute Gasteiger partial charge is 0.228 e. The molecule has 0 radical (unpaired) electrons. The monoisotopic (exact) mass is 310 g/mol. The van der Waals surface area contributed by atoms with Crippen LogP contribution in [0.4, 0.5) is 5.69 Å². The fourth-order valence-corrected chi connectivity index (χ4v) is 5.62. The van der Waals surface area contributed by atoms with E-state index < -0.39 is 17.1 Å². The van der Waals surface area contributed by atoms with Crippen LogP contribution >= 0.6 is 0 Å². The lowest BCUT2D eigenvalue weighted by molar-refractivity contribution is -0.185. The summed E-state index contributed by atoms with van der Waals surface area (Å²) in [6, 6.07) is 3.79. The van der Waals surface area contributed by atoms with E-state index >= 15 is 0 Å². The quantitative estimate of drug-likeness (QED) is 0.740. The van der Waals surface area contributed by atoms with E-state index in [0.717, 1.165) is 24.1 Å². The molecule has 0 amide bonds. The minimum Gasteiger partial charge on any atom is -0.492 e. The van der Waals surface area contributed by atoms with E-state index in [0.29, 0.717) is 30.7 Å². The van der Waals surface area contributed by atoms with Gasteiger partial charge in [0.05, 0.1) is 17.6 Å². The normalized spacial score (nSPS) is 40.3. The van der Waals surface area contributed by atoms with Crippen LogP contribution in [0.15, 0.2) is 12.1 Å². The second kappa shape index (κ2) is 3.95. The Hall–Kier alpha value is -1.90. The average molecular weight is 310 g/mol. The maximum absolute atomic E-state index is 12.6. The molecule has 2 aliphatic carbocycles. The molecule has 5 heteroatoms. The predicted octanol–water partition coefficient (Wildman–Crippen LogP) is 1.59. The van der Waals surface area contributed by atoms with Crippen molar-refractivity contribution in [1.29, 1.82) is 0 Å². The molecule has 2 fully saturated rings. The molecule has 2 bridgehead atoms. The fourth-order valence-electron chi connectivity index (χ4n) is 5.62. The molecule has 1 saturated heterocycles. The highest BCUT2D eigenvalue weighted by molar-refractivity contribution is 5.90. The number of carbonyl (C=O) groups excluding carboxylic acids is 1. The number of aliphatic hydroxyl groups is 1. The van der Waals surface area contributed by atoms with Gasteiger partial charge in [-0.15, -0.1) is 0 Å². The van der Waals surface area contributed by atoms with E-state index in [-0.39, 0.29) is 11.8 Å². The average Bonchev–Trinajstić information content (AvgIpc) is 2.90. The van der Waals surface area contributed by atoms with Crippen LogP contribution in [0.5, 0.6) is 5.75 Å². The lowest BCUT2D eigenvalue weighted by Gasteiger charge is -2.62. The molecule has 23 heavy (non-hydrogen) atoms. The summed E-state index contributed by atoms with van der Waals surface area (Å²) < 4.78 is 6.07. The Morgan fingerprint density at radius 1 is 1.43 bits per heavy atom. The number of likely N-dealkylation sites (N-methyl/N-ethyl adjacent to an activating group) is 1. The number of piperidine rings is 1. The molecule has 2 heterocycles. The number of nitrogens with zero attached hydrogens (tertiary/aromatic N) is 2. The number of likely N-dealkylation sites (tertiary alicyclic amines) is 1. The van der Waals surface area contributed by atoms with Crippen LogP contribution in [-0.2, 0) is 16.6 Å². The van der Waals surface area contributed by atoms with Crippen LogP contribution in [0.3, 0.4) is 0 Å². The van der Waals surface area contributed by atoms with Crippen molar-refractivity contribution >= 4 is 11.5 Å². The standard InChI is InChI=1S/C18H18N2O3/c1-19-11-4-3-10-9-13-18(22)6-5-12(21)16-17(18,7-8-20(13)2)14(10)15(11)23-16/h3-4,13,16,22H,5-9H2,2H3/t13?,16?,17-,18?/m0/s1. The van der Waals surface area contributed by atoms with Crippen LogP contribution in [0.2, 0.25) is 0 Å². The first-order valence-electron chi connectivity index (χ1n) is 8.19. The van der Waals surface area contributed by atoms with Crippen molar-refractivity contribution in [3.05, 3.63) is 34.7 Å². The van der Waals surface area contributed by atoms with Crippen molar-refractivity contribution in [1.82, 2.24) is 4.90 Å². The first kappa shape index (κ1) is 13.5. The predicted molar refractivity (Wildman–Crippen MR) is 82.7 cm³/mol. The zero-order chi connectivity index (χ0) is 16.0. The van der Waals surface area contributed by atoms with Crippen molar-refractivity contribution < 1.29 is 14.6 Å². The molecule has 2 aliphatic heterocycles. The number of carbonyl (C=O) groups is 1. The third-order valence-corrected chi connectivity index (χ3v) is 6.65. The number of hydrogen-bond acceptors (Lipinski definition) is 4. The Bertz CT molecular complexity index is 798. The molecule has 1 N–H and O–H groups in total. The second-order valence-electron chi connectivity index (χ2n) is 7.37. The molecule has 1 aromatic carbocycles. The maximum Gasteiger partial charge on any atom is 0.228 e. The number of hydrogen-bond donors (Lipinski definition) is 1. The van der Waals surface area contributed by atoms with Gasteiger partial charge >= 0.3 is 0 Å². The van der Waals surface area contributed by atoms with Gasteiger partial charge in [-0.3, -0.25) is 4.79 Å². The molecule has 1 spiro atoms. The fraction of sp³-hybridized carbons (Fsp3) is 0.556. The van der Waals surface area contributed by atoms with Crippen molar-refractivity contribution in [2.24, 2.45) is 0 Å². The lowest BCUT2D eigenvalue weighted by atomic mass is 9.49. The third-order valence-electron chi connectivity index (χ3n) is 6.65. The van der Waals surface area contributed by atoms with Crippen molar-refractivity contribution in [2.45, 2.75) is 48.8 Å². The summed E-state index contributed by atoms with van der Waals surface area (Å²) in [6.45, 7) is 8.24. The first-order valence-corrected chi connectivity index (χ1v) is 8.19. The Morgan fingerprint density at radius 3 is 3.04 bits per heavy atom. The van der Waals surface area contributed by atoms with Gasteiger partial charge in [0.25, 0.3) is 0 Å². The molecule has 0 aromatic heterocycles. The summed E-state index contributed by atoms with van der Waals surface area (Å²) in [5.41, 5.74) is 0.933. The van der Waals surface area contributed by atoms with E-state index in [9.17, 15) is 9.90 Å². The van der Waals surface area contributed by atoms with Crippen LogP contribution < -0.4 is 4.74 Å². The summed E-state index contributed by atoms with van der Waals surface area (Å²) in [6.07, 6.45) is 1.66. The number of ketones is 1. The summed E-state index contributed by atoms with van der Waals surface area (Å²) in [5, 5.41) is 11.7. The van der Waals surface area contributed by atoms with Gasteiger partial charge in [0, 0.05) is 12.5 Å².